The zero-order chi connectivity index (χ0) is 17.1. The van der Waals surface area contributed by atoms with E-state index in [1.54, 1.807) is 11.3 Å². The molecule has 1 atom stereocenters. The molecule has 5 nitrogen and oxygen atoms in total. The normalized spacial score (nSPS) is 25.5. The maximum atomic E-state index is 6.33. The molecule has 134 valence electrons. The molecular formula is C19H26N4OS. The predicted octanol–water partition coefficient (Wildman–Crippen LogP) is 2.71. The standard InChI is InChI=1S/C19H26N4OS/c1-16-21-18(13-25-16)12-22-8-4-6-19(14-22)15-23(9-10-24-19)11-17-5-2-3-7-20-17/h2-3,5,7,13H,4,6,8-12,14-15H2,1H3. The van der Waals surface area contributed by atoms with E-state index in [0.717, 1.165) is 63.0 Å². The van der Waals surface area contributed by atoms with Crippen LogP contribution in [0.15, 0.2) is 29.8 Å². The van der Waals surface area contributed by atoms with Gasteiger partial charge >= 0.3 is 0 Å². The average Bonchev–Trinajstić information content (AvgIpc) is 3.01. The van der Waals surface area contributed by atoms with Crippen LogP contribution in [0.5, 0.6) is 0 Å². The van der Waals surface area contributed by atoms with Gasteiger partial charge in [-0.2, -0.15) is 0 Å². The first-order valence-corrected chi connectivity index (χ1v) is 9.98. The van der Waals surface area contributed by atoms with E-state index in [2.05, 4.69) is 44.2 Å². The number of likely N-dealkylation sites (tertiary alicyclic amines) is 1. The summed E-state index contributed by atoms with van der Waals surface area (Å²) in [5.41, 5.74) is 2.31. The third-order valence-electron chi connectivity index (χ3n) is 5.11. The van der Waals surface area contributed by atoms with Crippen molar-refractivity contribution >= 4 is 11.3 Å². The van der Waals surface area contributed by atoms with Crippen LogP contribution in [-0.4, -0.2) is 58.2 Å². The minimum atomic E-state index is -0.0314. The van der Waals surface area contributed by atoms with Gasteiger partial charge in [-0.25, -0.2) is 4.98 Å². The number of piperidine rings is 1. The highest BCUT2D eigenvalue weighted by molar-refractivity contribution is 7.09. The fraction of sp³-hybridized carbons (Fsp3) is 0.579. The molecular weight excluding hydrogens is 332 g/mol. The van der Waals surface area contributed by atoms with Gasteiger partial charge < -0.3 is 4.74 Å². The van der Waals surface area contributed by atoms with Crippen molar-refractivity contribution in [3.8, 4) is 0 Å². The van der Waals surface area contributed by atoms with E-state index >= 15 is 0 Å². The van der Waals surface area contributed by atoms with Crippen LogP contribution in [0.2, 0.25) is 0 Å². The Bertz CT molecular complexity index is 688. The highest BCUT2D eigenvalue weighted by atomic mass is 32.1. The number of pyridine rings is 1. The molecule has 2 aliphatic heterocycles. The first-order chi connectivity index (χ1) is 12.2. The molecule has 0 aliphatic carbocycles. The van der Waals surface area contributed by atoms with Gasteiger partial charge in [0.2, 0.25) is 0 Å². The van der Waals surface area contributed by atoms with E-state index in [0.29, 0.717) is 0 Å². The van der Waals surface area contributed by atoms with Crippen LogP contribution in [0.25, 0.3) is 0 Å². The number of ether oxygens (including phenoxy) is 1. The van der Waals surface area contributed by atoms with Crippen LogP contribution in [0.3, 0.4) is 0 Å². The number of nitrogens with zero attached hydrogens (tertiary/aromatic N) is 4. The molecule has 2 aliphatic rings. The summed E-state index contributed by atoms with van der Waals surface area (Å²) in [6.07, 6.45) is 4.22. The Kier molecular flexibility index (Phi) is 5.12. The lowest BCUT2D eigenvalue weighted by Gasteiger charge is -2.48. The molecule has 2 aromatic heterocycles. The van der Waals surface area contributed by atoms with Crippen molar-refractivity contribution in [2.24, 2.45) is 0 Å². The topological polar surface area (TPSA) is 41.5 Å². The van der Waals surface area contributed by atoms with Gasteiger partial charge in [-0.3, -0.25) is 14.8 Å². The van der Waals surface area contributed by atoms with Crippen molar-refractivity contribution in [2.75, 3.05) is 32.8 Å². The minimum absolute atomic E-state index is 0.0314. The van der Waals surface area contributed by atoms with Crippen LogP contribution in [-0.2, 0) is 17.8 Å². The third kappa shape index (κ3) is 4.26. The molecule has 2 saturated heterocycles. The summed E-state index contributed by atoms with van der Waals surface area (Å²) in [6.45, 7) is 8.87. The molecule has 1 spiro atoms. The van der Waals surface area contributed by atoms with Crippen LogP contribution >= 0.6 is 11.3 Å². The molecule has 0 N–H and O–H groups in total. The van der Waals surface area contributed by atoms with Gasteiger partial charge in [-0.05, 0) is 38.4 Å². The molecule has 0 aromatic carbocycles. The second kappa shape index (κ2) is 7.50. The van der Waals surface area contributed by atoms with Gasteiger partial charge in [-0.15, -0.1) is 11.3 Å². The van der Waals surface area contributed by atoms with Crippen LogP contribution in [0, 0.1) is 6.92 Å². The van der Waals surface area contributed by atoms with E-state index in [9.17, 15) is 0 Å². The molecule has 4 heterocycles. The molecule has 1 unspecified atom stereocenters. The van der Waals surface area contributed by atoms with Crippen molar-refractivity contribution in [1.82, 2.24) is 19.8 Å². The molecule has 2 aromatic rings. The van der Waals surface area contributed by atoms with E-state index in [4.69, 9.17) is 4.74 Å². The Balaban J connectivity index is 1.39. The number of hydrogen-bond donors (Lipinski definition) is 0. The Morgan fingerprint density at radius 1 is 1.16 bits per heavy atom. The Morgan fingerprint density at radius 2 is 2.00 bits per heavy atom. The summed E-state index contributed by atoms with van der Waals surface area (Å²) >= 11 is 1.74. The third-order valence-corrected chi connectivity index (χ3v) is 5.93. The molecule has 2 fully saturated rings. The van der Waals surface area contributed by atoms with Crippen LogP contribution < -0.4 is 0 Å². The van der Waals surface area contributed by atoms with E-state index in [1.165, 1.54) is 12.1 Å². The lowest BCUT2D eigenvalue weighted by Crippen LogP contribution is -2.59. The fourth-order valence-electron chi connectivity index (χ4n) is 4.06. The highest BCUT2D eigenvalue weighted by Crippen LogP contribution is 2.30. The number of rotatable bonds is 4. The maximum Gasteiger partial charge on any atom is 0.0936 e. The Hall–Kier alpha value is -1.34. The largest absolute Gasteiger partial charge is 0.371 e. The molecule has 6 heteroatoms. The Morgan fingerprint density at radius 3 is 2.76 bits per heavy atom. The average molecular weight is 359 g/mol. The predicted molar refractivity (Wildman–Crippen MR) is 99.6 cm³/mol. The van der Waals surface area contributed by atoms with Crippen molar-refractivity contribution in [1.29, 1.82) is 0 Å². The van der Waals surface area contributed by atoms with Crippen LogP contribution in [0.4, 0.5) is 0 Å². The lowest BCUT2D eigenvalue weighted by molar-refractivity contribution is -0.143. The summed E-state index contributed by atoms with van der Waals surface area (Å²) in [5, 5.41) is 3.34. The van der Waals surface area contributed by atoms with E-state index in [1.807, 2.05) is 12.3 Å². The molecule has 0 amide bonds. The van der Waals surface area contributed by atoms with Crippen molar-refractivity contribution in [2.45, 2.75) is 38.5 Å². The fourth-order valence-corrected chi connectivity index (χ4v) is 4.67. The monoisotopic (exact) mass is 358 g/mol. The summed E-state index contributed by atoms with van der Waals surface area (Å²) < 4.78 is 6.33. The highest BCUT2D eigenvalue weighted by Gasteiger charge is 2.40. The quantitative estimate of drug-likeness (QED) is 0.841. The van der Waals surface area contributed by atoms with E-state index in [-0.39, 0.29) is 5.60 Å². The van der Waals surface area contributed by atoms with E-state index < -0.39 is 0 Å². The molecule has 0 radical (unpaired) electrons. The van der Waals surface area contributed by atoms with Gasteiger partial charge in [0, 0.05) is 44.3 Å². The molecule has 25 heavy (non-hydrogen) atoms. The maximum absolute atomic E-state index is 6.33. The van der Waals surface area contributed by atoms with Crippen molar-refractivity contribution in [3.05, 3.63) is 46.2 Å². The zero-order valence-corrected chi connectivity index (χ0v) is 15.7. The molecule has 0 saturated carbocycles. The van der Waals surface area contributed by atoms with Gasteiger partial charge in [0.15, 0.2) is 0 Å². The van der Waals surface area contributed by atoms with Gasteiger partial charge in [0.25, 0.3) is 0 Å². The van der Waals surface area contributed by atoms with Crippen molar-refractivity contribution in [3.63, 3.8) is 0 Å². The Labute approximate surface area is 153 Å². The van der Waals surface area contributed by atoms with Crippen molar-refractivity contribution < 1.29 is 4.74 Å². The number of hydrogen-bond acceptors (Lipinski definition) is 6. The van der Waals surface area contributed by atoms with Gasteiger partial charge in [0.05, 0.1) is 28.6 Å². The van der Waals surface area contributed by atoms with Crippen LogP contribution in [0.1, 0.15) is 29.2 Å². The summed E-state index contributed by atoms with van der Waals surface area (Å²) in [7, 11) is 0. The summed E-state index contributed by atoms with van der Waals surface area (Å²) in [6, 6.07) is 6.15. The van der Waals surface area contributed by atoms with Gasteiger partial charge in [0.1, 0.15) is 0 Å². The minimum Gasteiger partial charge on any atom is -0.371 e. The molecule has 4 rings (SSSR count). The second-order valence-electron chi connectivity index (χ2n) is 7.24. The SMILES string of the molecule is Cc1nc(CN2CCCC3(CN(Cc4ccccn4)CCO3)C2)cs1. The first kappa shape index (κ1) is 17.1. The molecule has 0 bridgehead atoms. The van der Waals surface area contributed by atoms with Gasteiger partial charge in [-0.1, -0.05) is 6.07 Å². The number of aromatic nitrogens is 2. The first-order valence-electron chi connectivity index (χ1n) is 9.10. The summed E-state index contributed by atoms with van der Waals surface area (Å²) in [4.78, 5) is 14.1. The lowest BCUT2D eigenvalue weighted by atomic mass is 9.90. The smallest absolute Gasteiger partial charge is 0.0936 e. The number of thiazole rings is 1. The summed E-state index contributed by atoms with van der Waals surface area (Å²) in [5.74, 6) is 0. The zero-order valence-electron chi connectivity index (χ0n) is 14.9. The second-order valence-corrected chi connectivity index (χ2v) is 8.30. The number of aryl methyl sites for hydroxylation is 1. The number of morpholine rings is 1.